The minimum atomic E-state index is -0.834. The predicted octanol–water partition coefficient (Wildman–Crippen LogP) is 2.66. The third-order valence-electron chi connectivity index (χ3n) is 2.70. The lowest BCUT2D eigenvalue weighted by atomic mass is 10.0. The molecule has 18 heavy (non-hydrogen) atoms. The van der Waals surface area contributed by atoms with Crippen LogP contribution in [0.4, 0.5) is 0 Å². The van der Waals surface area contributed by atoms with Gasteiger partial charge in [0.1, 0.15) is 11.8 Å². The van der Waals surface area contributed by atoms with Crippen LogP contribution in [0.3, 0.4) is 0 Å². The molecule has 0 aliphatic rings. The van der Waals surface area contributed by atoms with E-state index in [0.717, 1.165) is 15.8 Å². The van der Waals surface area contributed by atoms with Crippen molar-refractivity contribution in [3.8, 4) is 5.75 Å². The first-order valence-corrected chi connectivity index (χ1v) is 6.54. The van der Waals surface area contributed by atoms with Crippen molar-refractivity contribution in [2.24, 2.45) is 5.92 Å². The number of halogens is 1. The Morgan fingerprint density at radius 3 is 2.67 bits per heavy atom. The summed E-state index contributed by atoms with van der Waals surface area (Å²) in [5.41, 5.74) is 0.929. The van der Waals surface area contributed by atoms with Crippen LogP contribution >= 0.6 is 15.9 Å². The van der Waals surface area contributed by atoms with Crippen LogP contribution < -0.4 is 10.1 Å². The summed E-state index contributed by atoms with van der Waals surface area (Å²) in [5, 5.41) is 12.1. The fraction of sp³-hybridized carbons (Fsp3) is 0.462. The summed E-state index contributed by atoms with van der Waals surface area (Å²) in [5.74, 6) is -0.0718. The number of carboxylic acids is 1. The molecule has 0 spiro atoms. The highest BCUT2D eigenvalue weighted by Crippen LogP contribution is 2.28. The minimum Gasteiger partial charge on any atom is -0.495 e. The summed E-state index contributed by atoms with van der Waals surface area (Å²) < 4.78 is 6.16. The summed E-state index contributed by atoms with van der Waals surface area (Å²) in [6, 6.07) is 5.14. The van der Waals surface area contributed by atoms with Crippen LogP contribution in [-0.4, -0.2) is 24.2 Å². The molecular weight excluding hydrogens is 298 g/mol. The second-order valence-corrected chi connectivity index (χ2v) is 5.23. The van der Waals surface area contributed by atoms with Crippen molar-refractivity contribution in [1.29, 1.82) is 0 Å². The number of nitrogens with one attached hydrogen (secondary N) is 1. The van der Waals surface area contributed by atoms with Crippen molar-refractivity contribution in [1.82, 2.24) is 5.32 Å². The summed E-state index contributed by atoms with van der Waals surface area (Å²) in [4.78, 5) is 11.1. The summed E-state index contributed by atoms with van der Waals surface area (Å²) in [6.07, 6.45) is 0. The zero-order valence-electron chi connectivity index (χ0n) is 10.7. The van der Waals surface area contributed by atoms with Crippen LogP contribution in [0.1, 0.15) is 19.4 Å². The fourth-order valence-electron chi connectivity index (χ4n) is 1.75. The SMILES string of the molecule is COc1c(Br)cccc1CN[C@H](C(=O)O)C(C)C. The monoisotopic (exact) mass is 315 g/mol. The Kier molecular flexibility index (Phi) is 5.62. The molecule has 1 atom stereocenters. The highest BCUT2D eigenvalue weighted by Gasteiger charge is 2.21. The number of hydrogen-bond acceptors (Lipinski definition) is 3. The first-order chi connectivity index (χ1) is 8.47. The van der Waals surface area contributed by atoms with Gasteiger partial charge in [-0.1, -0.05) is 26.0 Å². The van der Waals surface area contributed by atoms with E-state index in [2.05, 4.69) is 21.2 Å². The molecule has 0 heterocycles. The van der Waals surface area contributed by atoms with E-state index in [1.54, 1.807) is 7.11 Å². The molecular formula is C13H18BrNO3. The van der Waals surface area contributed by atoms with Gasteiger partial charge in [-0.15, -0.1) is 0 Å². The van der Waals surface area contributed by atoms with Crippen molar-refractivity contribution in [3.05, 3.63) is 28.2 Å². The second kappa shape index (κ2) is 6.75. The average Bonchev–Trinajstić information content (AvgIpc) is 2.28. The molecule has 0 aliphatic carbocycles. The third-order valence-corrected chi connectivity index (χ3v) is 3.32. The highest BCUT2D eigenvalue weighted by atomic mass is 79.9. The zero-order chi connectivity index (χ0) is 13.7. The van der Waals surface area contributed by atoms with Gasteiger partial charge >= 0.3 is 5.97 Å². The van der Waals surface area contributed by atoms with Crippen molar-refractivity contribution < 1.29 is 14.6 Å². The topological polar surface area (TPSA) is 58.6 Å². The lowest BCUT2D eigenvalue weighted by molar-refractivity contribution is -0.140. The molecule has 1 aromatic carbocycles. The van der Waals surface area contributed by atoms with Crippen LogP contribution in [0.15, 0.2) is 22.7 Å². The Bertz CT molecular complexity index is 421. The number of methoxy groups -OCH3 is 1. The van der Waals surface area contributed by atoms with Gasteiger partial charge in [0.2, 0.25) is 0 Å². The number of para-hydroxylation sites is 1. The third kappa shape index (κ3) is 3.71. The Hall–Kier alpha value is -1.07. The van der Waals surface area contributed by atoms with E-state index >= 15 is 0 Å². The molecule has 1 rings (SSSR count). The van der Waals surface area contributed by atoms with Crippen LogP contribution in [0.2, 0.25) is 0 Å². The zero-order valence-corrected chi connectivity index (χ0v) is 12.3. The molecule has 0 aromatic heterocycles. The molecule has 0 aliphatic heterocycles. The van der Waals surface area contributed by atoms with Gasteiger partial charge in [-0.3, -0.25) is 10.1 Å². The van der Waals surface area contributed by atoms with E-state index in [9.17, 15) is 4.79 Å². The van der Waals surface area contributed by atoms with Gasteiger partial charge < -0.3 is 9.84 Å². The molecule has 5 heteroatoms. The standard InChI is InChI=1S/C13H18BrNO3/c1-8(2)11(13(16)17)15-7-9-5-4-6-10(14)12(9)18-3/h4-6,8,11,15H,7H2,1-3H3,(H,16,17)/t11-/m0/s1. The summed E-state index contributed by atoms with van der Waals surface area (Å²) in [6.45, 7) is 4.21. The van der Waals surface area contributed by atoms with E-state index in [1.165, 1.54) is 0 Å². The van der Waals surface area contributed by atoms with Crippen molar-refractivity contribution in [3.63, 3.8) is 0 Å². The lowest BCUT2D eigenvalue weighted by Gasteiger charge is -2.19. The Morgan fingerprint density at radius 1 is 1.50 bits per heavy atom. The molecule has 4 nitrogen and oxygen atoms in total. The number of ether oxygens (including phenoxy) is 1. The predicted molar refractivity (Wildman–Crippen MR) is 73.8 cm³/mol. The number of hydrogen-bond donors (Lipinski definition) is 2. The molecule has 0 bridgehead atoms. The fourth-order valence-corrected chi connectivity index (χ4v) is 2.32. The van der Waals surface area contributed by atoms with E-state index < -0.39 is 12.0 Å². The van der Waals surface area contributed by atoms with Gasteiger partial charge in [-0.2, -0.15) is 0 Å². The number of carboxylic acid groups (broad SMARTS) is 1. The van der Waals surface area contributed by atoms with Crippen LogP contribution in [-0.2, 0) is 11.3 Å². The van der Waals surface area contributed by atoms with Gasteiger partial charge in [-0.05, 0) is 27.9 Å². The molecule has 0 radical (unpaired) electrons. The van der Waals surface area contributed by atoms with Crippen LogP contribution in [0.25, 0.3) is 0 Å². The molecule has 100 valence electrons. The smallest absolute Gasteiger partial charge is 0.320 e. The Labute approximate surface area is 115 Å². The van der Waals surface area contributed by atoms with Gasteiger partial charge in [-0.25, -0.2) is 0 Å². The highest BCUT2D eigenvalue weighted by molar-refractivity contribution is 9.10. The maximum absolute atomic E-state index is 11.1. The summed E-state index contributed by atoms with van der Waals surface area (Å²) in [7, 11) is 1.60. The number of benzene rings is 1. The van der Waals surface area contributed by atoms with Gasteiger partial charge in [0.25, 0.3) is 0 Å². The first kappa shape index (κ1) is 15.0. The maximum atomic E-state index is 11.1. The molecule has 2 N–H and O–H groups in total. The van der Waals surface area contributed by atoms with Crippen LogP contribution in [0, 0.1) is 5.92 Å². The quantitative estimate of drug-likeness (QED) is 0.847. The van der Waals surface area contributed by atoms with Gasteiger partial charge in [0.05, 0.1) is 11.6 Å². The maximum Gasteiger partial charge on any atom is 0.320 e. The first-order valence-electron chi connectivity index (χ1n) is 5.75. The van der Waals surface area contributed by atoms with Crippen molar-refractivity contribution in [2.75, 3.05) is 7.11 Å². The van der Waals surface area contributed by atoms with E-state index in [0.29, 0.717) is 6.54 Å². The van der Waals surface area contributed by atoms with Gasteiger partial charge in [0.15, 0.2) is 0 Å². The average molecular weight is 316 g/mol. The van der Waals surface area contributed by atoms with Crippen molar-refractivity contribution in [2.45, 2.75) is 26.4 Å². The normalized spacial score (nSPS) is 12.5. The number of rotatable bonds is 6. The second-order valence-electron chi connectivity index (χ2n) is 4.37. The Balaban J connectivity index is 2.79. The number of aliphatic carboxylic acids is 1. The Morgan fingerprint density at radius 2 is 2.17 bits per heavy atom. The van der Waals surface area contributed by atoms with Crippen molar-refractivity contribution >= 4 is 21.9 Å². The molecule has 0 saturated heterocycles. The molecule has 0 unspecified atom stereocenters. The largest absolute Gasteiger partial charge is 0.495 e. The van der Waals surface area contributed by atoms with E-state index in [4.69, 9.17) is 9.84 Å². The summed E-state index contributed by atoms with van der Waals surface area (Å²) >= 11 is 3.40. The molecule has 0 amide bonds. The number of carbonyl (C=O) groups is 1. The molecule has 1 aromatic rings. The van der Waals surface area contributed by atoms with Gasteiger partial charge in [0, 0.05) is 12.1 Å². The van der Waals surface area contributed by atoms with Crippen LogP contribution in [0.5, 0.6) is 5.75 Å². The molecule has 0 saturated carbocycles. The minimum absolute atomic E-state index is 0.0284. The lowest BCUT2D eigenvalue weighted by Crippen LogP contribution is -2.40. The van der Waals surface area contributed by atoms with E-state index in [-0.39, 0.29) is 5.92 Å². The van der Waals surface area contributed by atoms with E-state index in [1.807, 2.05) is 32.0 Å². The molecule has 0 fully saturated rings.